The van der Waals surface area contributed by atoms with E-state index in [4.69, 9.17) is 69.6 Å². The average molecular weight is 756 g/mol. The van der Waals surface area contributed by atoms with Crippen LogP contribution in [0.2, 0.25) is 20.1 Å². The Morgan fingerprint density at radius 1 is 0.864 bits per heavy atom. The molecule has 1 aliphatic carbocycles. The van der Waals surface area contributed by atoms with Crippen molar-refractivity contribution in [2.75, 3.05) is 21.7 Å². The molecule has 234 valence electrons. The summed E-state index contributed by atoms with van der Waals surface area (Å²) in [5.74, 6) is -8.59. The van der Waals surface area contributed by atoms with Crippen molar-refractivity contribution < 1.29 is 36.3 Å². The van der Waals surface area contributed by atoms with Gasteiger partial charge in [0.1, 0.15) is 15.8 Å². The first-order valence-electron chi connectivity index (χ1n) is 11.8. The fourth-order valence-corrected chi connectivity index (χ4v) is 6.11. The molecule has 4 rings (SSSR count). The van der Waals surface area contributed by atoms with Gasteiger partial charge in [0.25, 0.3) is 5.91 Å². The summed E-state index contributed by atoms with van der Waals surface area (Å²) in [6, 6.07) is 8.24. The topological polar surface area (TPSA) is 87.3 Å². The number of carbonyl (C=O) groups is 3. The summed E-state index contributed by atoms with van der Waals surface area (Å²) in [6.07, 6.45) is 0. The summed E-state index contributed by atoms with van der Waals surface area (Å²) in [7, 11) is 0. The molecular formula is C26H14Cl6F5N3O3S. The van der Waals surface area contributed by atoms with E-state index in [1.54, 1.807) is 5.32 Å². The number of thioether (sulfide) groups is 1. The number of anilines is 3. The zero-order valence-electron chi connectivity index (χ0n) is 21.2. The second kappa shape index (κ2) is 13.3. The largest absolute Gasteiger partial charge is 0.442 e. The molecule has 0 radical (unpaired) electrons. The molecule has 3 N–H and O–H groups in total. The fourth-order valence-electron chi connectivity index (χ4n) is 4.10. The molecule has 0 heterocycles. The number of rotatable bonds is 8. The molecule has 1 saturated carbocycles. The predicted octanol–water partition coefficient (Wildman–Crippen LogP) is 9.55. The summed E-state index contributed by atoms with van der Waals surface area (Å²) in [5.41, 5.74) is -6.17. The van der Waals surface area contributed by atoms with Crippen LogP contribution in [0.5, 0.6) is 0 Å². The van der Waals surface area contributed by atoms with Gasteiger partial charge in [0.15, 0.2) is 5.82 Å². The van der Waals surface area contributed by atoms with Crippen LogP contribution in [0.1, 0.15) is 21.8 Å². The Morgan fingerprint density at radius 2 is 1.50 bits per heavy atom. The molecule has 44 heavy (non-hydrogen) atoms. The second-order valence-electron chi connectivity index (χ2n) is 9.13. The Bertz CT molecular complexity index is 1650. The second-order valence-corrected chi connectivity index (χ2v) is 13.2. The normalized spacial score (nSPS) is 17.2. The number of benzene rings is 3. The molecule has 3 amide bonds. The van der Waals surface area contributed by atoms with Crippen molar-refractivity contribution >= 4 is 116 Å². The SMILES string of the molecule is O=C(CSC(F)(F)F)Nc1c(F)ccc(NC(=O)c2cc(NC(=O)C3[C@H](c4cc(Cl)c(Cl)c(Cl)c4)C3(Cl)Cl)ccc2Cl)c1F. The Balaban J connectivity index is 1.49. The van der Waals surface area contributed by atoms with E-state index >= 15 is 0 Å². The summed E-state index contributed by atoms with van der Waals surface area (Å²) < 4.78 is 64.7. The summed E-state index contributed by atoms with van der Waals surface area (Å²) in [5, 5.41) is 6.67. The quantitative estimate of drug-likeness (QED) is 0.122. The minimum atomic E-state index is -4.74. The van der Waals surface area contributed by atoms with E-state index in [1.165, 1.54) is 24.3 Å². The maximum absolute atomic E-state index is 15.0. The standard InChI is InChI=1S/C26H14Cl6F5N3O3S/c27-12-2-1-10(38-24(43)19-18(25(19,31)32)9-5-13(28)20(30)14(29)6-9)7-11(12)23(42)39-16-4-3-15(33)22(21(16)34)40-17(41)8-44-26(35,36)37/h1-7,18-19H,8H2,(H,38,43)(H,39,42)(H,40,41)/t18-,19?/m0/s1. The molecule has 1 fully saturated rings. The van der Waals surface area contributed by atoms with Crippen LogP contribution >= 0.6 is 81.4 Å². The first-order chi connectivity index (χ1) is 20.4. The average Bonchev–Trinajstić information content (AvgIpc) is 3.52. The number of hydrogen-bond acceptors (Lipinski definition) is 4. The van der Waals surface area contributed by atoms with Gasteiger partial charge in [-0.1, -0.05) is 46.4 Å². The molecule has 0 aromatic heterocycles. The van der Waals surface area contributed by atoms with Crippen molar-refractivity contribution in [1.29, 1.82) is 0 Å². The monoisotopic (exact) mass is 753 g/mol. The molecule has 3 aromatic rings. The number of halogens is 11. The van der Waals surface area contributed by atoms with Gasteiger partial charge in [0.05, 0.1) is 43.0 Å². The molecular weight excluding hydrogens is 742 g/mol. The van der Waals surface area contributed by atoms with E-state index in [9.17, 15) is 36.3 Å². The highest BCUT2D eigenvalue weighted by Gasteiger charge is 2.67. The van der Waals surface area contributed by atoms with Crippen molar-refractivity contribution in [1.82, 2.24) is 0 Å². The molecule has 0 bridgehead atoms. The van der Waals surface area contributed by atoms with Gasteiger partial charge in [0, 0.05) is 11.6 Å². The first-order valence-corrected chi connectivity index (χ1v) is 15.1. The molecule has 1 aliphatic rings. The Kier molecular flexibility index (Phi) is 10.5. The van der Waals surface area contributed by atoms with Crippen LogP contribution in [-0.2, 0) is 9.59 Å². The minimum Gasteiger partial charge on any atom is -0.326 e. The number of carbonyl (C=O) groups excluding carboxylic acids is 3. The molecule has 18 heteroatoms. The van der Waals surface area contributed by atoms with Gasteiger partial charge in [-0.05, 0) is 59.8 Å². The van der Waals surface area contributed by atoms with Gasteiger partial charge in [-0.2, -0.15) is 13.2 Å². The molecule has 2 atom stereocenters. The Labute approximate surface area is 279 Å². The maximum Gasteiger partial charge on any atom is 0.442 e. The van der Waals surface area contributed by atoms with Crippen LogP contribution in [0, 0.1) is 17.6 Å². The molecule has 1 unspecified atom stereocenters. The van der Waals surface area contributed by atoms with Crippen LogP contribution < -0.4 is 16.0 Å². The Hall–Kier alpha value is -2.19. The highest BCUT2D eigenvalue weighted by Crippen LogP contribution is 2.65. The van der Waals surface area contributed by atoms with Gasteiger partial charge in [-0.25, -0.2) is 8.78 Å². The highest BCUT2D eigenvalue weighted by molar-refractivity contribution is 8.00. The van der Waals surface area contributed by atoms with Crippen molar-refractivity contribution in [3.8, 4) is 0 Å². The van der Waals surface area contributed by atoms with Gasteiger partial charge in [-0.15, -0.1) is 23.2 Å². The zero-order chi connectivity index (χ0) is 32.7. The van der Waals surface area contributed by atoms with Gasteiger partial charge >= 0.3 is 5.51 Å². The molecule has 0 spiro atoms. The lowest BCUT2D eigenvalue weighted by Gasteiger charge is -2.13. The molecule has 6 nitrogen and oxygen atoms in total. The Morgan fingerprint density at radius 3 is 2.11 bits per heavy atom. The van der Waals surface area contributed by atoms with E-state index < -0.39 is 79.9 Å². The first kappa shape index (κ1) is 34.7. The smallest absolute Gasteiger partial charge is 0.326 e. The van der Waals surface area contributed by atoms with Gasteiger partial charge in [-0.3, -0.25) is 14.4 Å². The lowest BCUT2D eigenvalue weighted by molar-refractivity contribution is -0.117. The van der Waals surface area contributed by atoms with Crippen molar-refractivity contribution in [2.45, 2.75) is 15.8 Å². The number of hydrogen-bond donors (Lipinski definition) is 3. The highest BCUT2D eigenvalue weighted by atomic mass is 35.5. The third-order valence-electron chi connectivity index (χ3n) is 6.15. The fraction of sp³-hybridized carbons (Fsp3) is 0.192. The predicted molar refractivity (Wildman–Crippen MR) is 164 cm³/mol. The molecule has 0 saturated heterocycles. The van der Waals surface area contributed by atoms with Crippen LogP contribution in [0.25, 0.3) is 0 Å². The van der Waals surface area contributed by atoms with Crippen molar-refractivity contribution in [2.24, 2.45) is 5.92 Å². The van der Waals surface area contributed by atoms with Crippen molar-refractivity contribution in [3.63, 3.8) is 0 Å². The van der Waals surface area contributed by atoms with Crippen LogP contribution in [0.4, 0.5) is 39.0 Å². The van der Waals surface area contributed by atoms with E-state index in [1.807, 2.05) is 0 Å². The summed E-state index contributed by atoms with van der Waals surface area (Å²) >= 11 is 36.3. The zero-order valence-corrected chi connectivity index (χ0v) is 26.5. The number of alkyl halides is 5. The van der Waals surface area contributed by atoms with E-state index in [2.05, 4.69) is 10.6 Å². The van der Waals surface area contributed by atoms with E-state index in [0.29, 0.717) is 11.6 Å². The number of amides is 3. The molecule has 0 aliphatic heterocycles. The lowest BCUT2D eigenvalue weighted by atomic mass is 10.1. The van der Waals surface area contributed by atoms with E-state index in [0.717, 1.165) is 12.1 Å². The minimum absolute atomic E-state index is 0.0706. The molecule has 3 aromatic carbocycles. The van der Waals surface area contributed by atoms with E-state index in [-0.39, 0.29) is 31.3 Å². The summed E-state index contributed by atoms with van der Waals surface area (Å²) in [6.45, 7) is 0. The third-order valence-corrected chi connectivity index (χ3v) is 9.35. The van der Waals surface area contributed by atoms with Crippen LogP contribution in [0.3, 0.4) is 0 Å². The van der Waals surface area contributed by atoms with Gasteiger partial charge < -0.3 is 16.0 Å². The number of nitrogens with one attached hydrogen (secondary N) is 3. The lowest BCUT2D eigenvalue weighted by Crippen LogP contribution is -2.20. The third kappa shape index (κ3) is 7.78. The van der Waals surface area contributed by atoms with Crippen LogP contribution in [-0.4, -0.2) is 33.3 Å². The maximum atomic E-state index is 15.0. The summed E-state index contributed by atoms with van der Waals surface area (Å²) in [4.78, 5) is 37.8. The van der Waals surface area contributed by atoms with Gasteiger partial charge in [0.2, 0.25) is 11.8 Å². The van der Waals surface area contributed by atoms with Crippen LogP contribution in [0.15, 0.2) is 42.5 Å². The van der Waals surface area contributed by atoms with Crippen molar-refractivity contribution in [3.05, 3.63) is 85.3 Å².